The normalized spacial score (nSPS) is 15.6. The summed E-state index contributed by atoms with van der Waals surface area (Å²) in [5.41, 5.74) is 0.586. The van der Waals surface area contributed by atoms with Gasteiger partial charge in [0.25, 0.3) is 16.8 Å². The van der Waals surface area contributed by atoms with E-state index in [4.69, 9.17) is 0 Å². The van der Waals surface area contributed by atoms with Crippen molar-refractivity contribution in [3.05, 3.63) is 71.5 Å². The Morgan fingerprint density at radius 1 is 1.19 bits per heavy atom. The molecular formula is C17H10Br2N2O5S. The number of carbonyl (C=O) groups excluding carboxylic acids is 2. The average Bonchev–Trinajstić information content (AvgIpc) is 2.87. The van der Waals surface area contributed by atoms with Gasteiger partial charge in [0, 0.05) is 22.2 Å². The summed E-state index contributed by atoms with van der Waals surface area (Å²) in [6.07, 6.45) is 1.28. The number of hydrogen-bond acceptors (Lipinski definition) is 6. The van der Waals surface area contributed by atoms with Gasteiger partial charge in [0.05, 0.1) is 20.8 Å². The number of hydrogen-bond donors (Lipinski definition) is 1. The van der Waals surface area contributed by atoms with Gasteiger partial charge < -0.3 is 5.11 Å². The summed E-state index contributed by atoms with van der Waals surface area (Å²) in [5.74, 6) is -0.777. The van der Waals surface area contributed by atoms with E-state index in [2.05, 4.69) is 31.9 Å². The van der Waals surface area contributed by atoms with E-state index in [-0.39, 0.29) is 32.9 Å². The Bertz CT molecular complexity index is 1010. The number of nitro benzene ring substituents is 1. The fraction of sp³-hybridized carbons (Fsp3) is 0.0588. The Hall–Kier alpha value is -2.17. The quantitative estimate of drug-likeness (QED) is 0.348. The highest BCUT2D eigenvalue weighted by Crippen LogP contribution is 2.38. The van der Waals surface area contributed by atoms with E-state index in [0.717, 1.165) is 38.8 Å². The predicted molar refractivity (Wildman–Crippen MR) is 108 cm³/mol. The Labute approximate surface area is 174 Å². The number of phenolic OH excluding ortho intramolecular Hbond substituents is 1. The SMILES string of the molecule is O=C1S/C(=C\c2cc([N+](=O)[O-])cc(Br)c2O)C(=O)N1Cc1ccccc1Br. The lowest BCUT2D eigenvalue weighted by Crippen LogP contribution is -2.27. The van der Waals surface area contributed by atoms with E-state index in [1.54, 1.807) is 12.1 Å². The van der Waals surface area contributed by atoms with E-state index in [1.165, 1.54) is 6.08 Å². The third-order valence-corrected chi connectivity index (χ3v) is 6.02. The lowest BCUT2D eigenvalue weighted by molar-refractivity contribution is -0.385. The number of aromatic hydroxyl groups is 1. The maximum Gasteiger partial charge on any atom is 0.293 e. The molecule has 3 rings (SSSR count). The van der Waals surface area contributed by atoms with Gasteiger partial charge in [-0.2, -0.15) is 0 Å². The molecule has 0 aliphatic carbocycles. The van der Waals surface area contributed by atoms with Crippen LogP contribution in [0, 0.1) is 10.1 Å². The van der Waals surface area contributed by atoms with Crippen molar-refractivity contribution in [2.24, 2.45) is 0 Å². The zero-order valence-electron chi connectivity index (χ0n) is 13.4. The van der Waals surface area contributed by atoms with Crippen LogP contribution in [0.15, 0.2) is 50.2 Å². The van der Waals surface area contributed by atoms with Crippen LogP contribution >= 0.6 is 43.6 Å². The fourth-order valence-corrected chi connectivity index (χ4v) is 4.10. The monoisotopic (exact) mass is 512 g/mol. The standard InChI is InChI=1S/C17H10Br2N2O5S/c18-12-4-2-1-3-9(12)8-20-16(23)14(27-17(20)24)6-10-5-11(21(25)26)7-13(19)15(10)22/h1-7,22H,8H2/b14-6-. The predicted octanol–water partition coefficient (Wildman–Crippen LogP) is 5.06. The molecular weight excluding hydrogens is 504 g/mol. The van der Waals surface area contributed by atoms with Gasteiger partial charge in [-0.25, -0.2) is 0 Å². The van der Waals surface area contributed by atoms with Crippen LogP contribution in [0.4, 0.5) is 10.5 Å². The molecule has 0 bridgehead atoms. The van der Waals surface area contributed by atoms with Crippen LogP contribution in [0.3, 0.4) is 0 Å². The molecule has 1 saturated heterocycles. The number of thioether (sulfide) groups is 1. The number of imide groups is 1. The van der Waals surface area contributed by atoms with Crippen LogP contribution < -0.4 is 0 Å². The number of nitro groups is 1. The van der Waals surface area contributed by atoms with Gasteiger partial charge in [0.1, 0.15) is 5.75 Å². The summed E-state index contributed by atoms with van der Waals surface area (Å²) in [7, 11) is 0. The number of halogens is 2. The first kappa shape index (κ1) is 19.6. The Morgan fingerprint density at radius 2 is 1.89 bits per heavy atom. The molecule has 1 aliphatic heterocycles. The smallest absolute Gasteiger partial charge is 0.293 e. The molecule has 10 heteroatoms. The molecule has 2 aromatic carbocycles. The van der Waals surface area contributed by atoms with Crippen molar-refractivity contribution < 1.29 is 19.6 Å². The Balaban J connectivity index is 1.93. The lowest BCUT2D eigenvalue weighted by Gasteiger charge is -2.13. The molecule has 0 spiro atoms. The molecule has 1 aliphatic rings. The molecule has 1 heterocycles. The lowest BCUT2D eigenvalue weighted by atomic mass is 10.1. The molecule has 0 aromatic heterocycles. The summed E-state index contributed by atoms with van der Waals surface area (Å²) in [6.45, 7) is 0.0913. The maximum atomic E-state index is 12.6. The number of benzene rings is 2. The Morgan fingerprint density at radius 3 is 2.56 bits per heavy atom. The van der Waals surface area contributed by atoms with Crippen LogP contribution in [-0.2, 0) is 11.3 Å². The second kappa shape index (κ2) is 7.83. The third-order valence-electron chi connectivity index (χ3n) is 3.73. The number of nitrogens with zero attached hydrogens (tertiary/aromatic N) is 2. The molecule has 1 fully saturated rings. The number of non-ortho nitro benzene ring substituents is 1. The van der Waals surface area contributed by atoms with Gasteiger partial charge in [0.15, 0.2) is 0 Å². The van der Waals surface area contributed by atoms with Gasteiger partial charge in [-0.3, -0.25) is 24.6 Å². The molecule has 0 atom stereocenters. The van der Waals surface area contributed by atoms with Crippen molar-refractivity contribution in [3.63, 3.8) is 0 Å². The minimum atomic E-state index is -0.611. The zero-order chi connectivity index (χ0) is 19.7. The first-order valence-corrected chi connectivity index (χ1v) is 9.84. The van der Waals surface area contributed by atoms with E-state index in [1.807, 2.05) is 12.1 Å². The number of carbonyl (C=O) groups is 2. The fourth-order valence-electron chi connectivity index (χ4n) is 2.40. The Kier molecular flexibility index (Phi) is 5.68. The van der Waals surface area contributed by atoms with Crippen molar-refractivity contribution >= 4 is 66.5 Å². The average molecular weight is 514 g/mol. The van der Waals surface area contributed by atoms with Crippen molar-refractivity contribution in [2.75, 3.05) is 0 Å². The molecule has 0 radical (unpaired) electrons. The number of amides is 2. The largest absolute Gasteiger partial charge is 0.506 e. The first-order chi connectivity index (χ1) is 12.8. The van der Waals surface area contributed by atoms with Gasteiger partial charge in [-0.1, -0.05) is 34.1 Å². The second-order valence-electron chi connectivity index (χ2n) is 5.48. The van der Waals surface area contributed by atoms with Crippen molar-refractivity contribution in [3.8, 4) is 5.75 Å². The molecule has 1 N–H and O–H groups in total. The highest BCUT2D eigenvalue weighted by Gasteiger charge is 2.35. The topological polar surface area (TPSA) is 101 Å². The summed E-state index contributed by atoms with van der Waals surface area (Å²) in [6, 6.07) is 9.52. The third kappa shape index (κ3) is 4.07. The van der Waals surface area contributed by atoms with Crippen LogP contribution in [0.25, 0.3) is 6.08 Å². The van der Waals surface area contributed by atoms with Crippen molar-refractivity contribution in [1.82, 2.24) is 4.90 Å². The summed E-state index contributed by atoms with van der Waals surface area (Å²) < 4.78 is 0.892. The minimum absolute atomic E-state index is 0.0717. The summed E-state index contributed by atoms with van der Waals surface area (Å²) >= 11 is 7.14. The highest BCUT2D eigenvalue weighted by atomic mass is 79.9. The van der Waals surface area contributed by atoms with Crippen LogP contribution in [0.5, 0.6) is 5.75 Å². The second-order valence-corrected chi connectivity index (χ2v) is 8.18. The van der Waals surface area contributed by atoms with Gasteiger partial charge >= 0.3 is 0 Å². The van der Waals surface area contributed by atoms with Gasteiger partial charge in [0.2, 0.25) is 0 Å². The summed E-state index contributed by atoms with van der Waals surface area (Å²) in [5, 5.41) is 20.7. The molecule has 0 unspecified atom stereocenters. The van der Waals surface area contributed by atoms with Gasteiger partial charge in [-0.15, -0.1) is 0 Å². The first-order valence-electron chi connectivity index (χ1n) is 7.43. The number of rotatable bonds is 4. The molecule has 0 saturated carbocycles. The molecule has 2 amide bonds. The van der Waals surface area contributed by atoms with Crippen LogP contribution in [0.1, 0.15) is 11.1 Å². The maximum absolute atomic E-state index is 12.6. The van der Waals surface area contributed by atoms with E-state index >= 15 is 0 Å². The van der Waals surface area contributed by atoms with Crippen LogP contribution in [0.2, 0.25) is 0 Å². The molecule has 27 heavy (non-hydrogen) atoms. The van der Waals surface area contributed by atoms with Crippen LogP contribution in [-0.4, -0.2) is 26.1 Å². The highest BCUT2D eigenvalue weighted by molar-refractivity contribution is 9.10. The minimum Gasteiger partial charge on any atom is -0.506 e. The van der Waals surface area contributed by atoms with Crippen molar-refractivity contribution in [1.29, 1.82) is 0 Å². The van der Waals surface area contributed by atoms with E-state index < -0.39 is 16.1 Å². The molecule has 138 valence electrons. The summed E-state index contributed by atoms with van der Waals surface area (Å²) in [4.78, 5) is 36.4. The van der Waals surface area contributed by atoms with E-state index in [0.29, 0.717) is 0 Å². The number of phenols is 1. The van der Waals surface area contributed by atoms with Crippen molar-refractivity contribution in [2.45, 2.75) is 6.54 Å². The van der Waals surface area contributed by atoms with Gasteiger partial charge in [-0.05, 0) is 45.4 Å². The molecule has 2 aromatic rings. The zero-order valence-corrected chi connectivity index (χ0v) is 17.4. The van der Waals surface area contributed by atoms with E-state index in [9.17, 15) is 24.8 Å². The molecule has 7 nitrogen and oxygen atoms in total.